The molecule has 0 aliphatic carbocycles. The number of rotatable bonds is 5. The van der Waals surface area contributed by atoms with Crippen molar-refractivity contribution in [3.8, 4) is 0 Å². The van der Waals surface area contributed by atoms with E-state index in [4.69, 9.17) is 4.74 Å². The van der Waals surface area contributed by atoms with E-state index < -0.39 is 0 Å². The Morgan fingerprint density at radius 2 is 1.86 bits per heavy atom. The Hall–Kier alpha value is -1.39. The number of benzene rings is 1. The fraction of sp³-hybridized carbons (Fsp3) is 0.720. The summed E-state index contributed by atoms with van der Waals surface area (Å²) in [6.45, 7) is 10.8. The molecule has 1 spiro atoms. The van der Waals surface area contributed by atoms with Gasteiger partial charge in [-0.3, -0.25) is 4.79 Å². The van der Waals surface area contributed by atoms with Gasteiger partial charge in [-0.05, 0) is 82.4 Å². The summed E-state index contributed by atoms with van der Waals surface area (Å²) in [5.74, 6) is 1.13. The molecular weight excluding hydrogens is 360 g/mol. The molecule has 1 amide bonds. The molecule has 160 valence electrons. The summed E-state index contributed by atoms with van der Waals surface area (Å²) < 4.78 is 5.90. The van der Waals surface area contributed by atoms with Gasteiger partial charge >= 0.3 is 0 Å². The third-order valence-electron chi connectivity index (χ3n) is 7.49. The van der Waals surface area contributed by atoms with Crippen molar-refractivity contribution in [2.75, 3.05) is 39.3 Å². The first-order chi connectivity index (χ1) is 13.9. The van der Waals surface area contributed by atoms with Gasteiger partial charge in [0.2, 0.25) is 5.91 Å². The summed E-state index contributed by atoms with van der Waals surface area (Å²) in [6, 6.07) is 10.6. The summed E-state index contributed by atoms with van der Waals surface area (Å²) in [6.07, 6.45) is 7.66. The molecule has 0 saturated carbocycles. The van der Waals surface area contributed by atoms with Crippen molar-refractivity contribution in [1.82, 2.24) is 9.80 Å². The first-order valence-electron chi connectivity index (χ1n) is 11.6. The highest BCUT2D eigenvalue weighted by Gasteiger charge is 2.41. The topological polar surface area (TPSA) is 32.8 Å². The number of carbonyl (C=O) groups is 1. The first kappa shape index (κ1) is 20.9. The van der Waals surface area contributed by atoms with Crippen molar-refractivity contribution in [2.45, 2.75) is 64.4 Å². The van der Waals surface area contributed by atoms with Gasteiger partial charge < -0.3 is 14.5 Å². The zero-order valence-electron chi connectivity index (χ0n) is 18.4. The Balaban J connectivity index is 1.27. The molecule has 4 nitrogen and oxygen atoms in total. The lowest BCUT2D eigenvalue weighted by molar-refractivity contribution is -0.139. The molecule has 3 aliphatic heterocycles. The lowest BCUT2D eigenvalue weighted by Crippen LogP contribution is -2.52. The summed E-state index contributed by atoms with van der Waals surface area (Å²) in [5.41, 5.74) is 1.73. The second kappa shape index (κ2) is 8.77. The highest BCUT2D eigenvalue weighted by atomic mass is 16.5. The number of ether oxygens (including phenoxy) is 1. The molecule has 0 bridgehead atoms. The van der Waals surface area contributed by atoms with Crippen LogP contribution < -0.4 is 0 Å². The Bertz CT molecular complexity index is 679. The third kappa shape index (κ3) is 5.40. The van der Waals surface area contributed by atoms with E-state index in [1.54, 1.807) is 0 Å². The molecule has 0 radical (unpaired) electrons. The van der Waals surface area contributed by atoms with Gasteiger partial charge in [-0.25, -0.2) is 0 Å². The predicted octanol–water partition coefficient (Wildman–Crippen LogP) is 4.14. The monoisotopic (exact) mass is 398 g/mol. The largest absolute Gasteiger partial charge is 0.376 e. The van der Waals surface area contributed by atoms with E-state index in [-0.39, 0.29) is 5.60 Å². The second-order valence-corrected chi connectivity index (χ2v) is 10.3. The molecule has 1 aromatic carbocycles. The number of nitrogens with zero attached hydrogens (tertiary/aromatic N) is 2. The normalized spacial score (nSPS) is 27.3. The van der Waals surface area contributed by atoms with Crippen molar-refractivity contribution in [3.05, 3.63) is 35.9 Å². The molecule has 3 saturated heterocycles. The van der Waals surface area contributed by atoms with Gasteiger partial charge in [-0.15, -0.1) is 0 Å². The van der Waals surface area contributed by atoms with Crippen LogP contribution in [-0.2, 0) is 16.0 Å². The van der Waals surface area contributed by atoms with Gasteiger partial charge in [0.25, 0.3) is 0 Å². The minimum Gasteiger partial charge on any atom is -0.376 e. The molecule has 0 aromatic heterocycles. The fourth-order valence-electron chi connectivity index (χ4n) is 5.71. The van der Waals surface area contributed by atoms with Crippen LogP contribution in [0, 0.1) is 11.3 Å². The van der Waals surface area contributed by atoms with Gasteiger partial charge in [0.1, 0.15) is 0 Å². The number of hydrogen-bond acceptors (Lipinski definition) is 3. The average molecular weight is 399 g/mol. The summed E-state index contributed by atoms with van der Waals surface area (Å²) in [5, 5.41) is 0. The van der Waals surface area contributed by atoms with Crippen molar-refractivity contribution >= 4 is 5.91 Å². The van der Waals surface area contributed by atoms with Crippen LogP contribution in [0.25, 0.3) is 0 Å². The van der Waals surface area contributed by atoms with Crippen LogP contribution in [0.2, 0.25) is 0 Å². The number of likely N-dealkylation sites (tertiary alicyclic amines) is 2. The van der Waals surface area contributed by atoms with Crippen molar-refractivity contribution < 1.29 is 9.53 Å². The fourth-order valence-corrected chi connectivity index (χ4v) is 5.71. The number of piperidine rings is 2. The van der Waals surface area contributed by atoms with Gasteiger partial charge in [-0.2, -0.15) is 0 Å². The van der Waals surface area contributed by atoms with E-state index in [0.29, 0.717) is 11.3 Å². The predicted molar refractivity (Wildman–Crippen MR) is 117 cm³/mol. The first-order valence-corrected chi connectivity index (χ1v) is 11.6. The van der Waals surface area contributed by atoms with Crippen molar-refractivity contribution in [3.63, 3.8) is 0 Å². The van der Waals surface area contributed by atoms with Gasteiger partial charge in [0.15, 0.2) is 0 Å². The molecule has 4 rings (SSSR count). The lowest BCUT2D eigenvalue weighted by atomic mass is 9.72. The number of carbonyl (C=O) groups excluding carboxylic acids is 1. The van der Waals surface area contributed by atoms with E-state index >= 15 is 0 Å². The number of amides is 1. The van der Waals surface area contributed by atoms with E-state index in [0.717, 1.165) is 44.9 Å². The summed E-state index contributed by atoms with van der Waals surface area (Å²) >= 11 is 0. The molecule has 3 aliphatic rings. The average Bonchev–Trinajstić information content (AvgIpc) is 2.71. The molecule has 3 fully saturated rings. The highest BCUT2D eigenvalue weighted by Crippen LogP contribution is 2.41. The lowest BCUT2D eigenvalue weighted by Gasteiger charge is -2.48. The van der Waals surface area contributed by atoms with Crippen LogP contribution in [0.5, 0.6) is 0 Å². The van der Waals surface area contributed by atoms with E-state index in [1.165, 1.54) is 50.9 Å². The van der Waals surface area contributed by atoms with Crippen LogP contribution in [0.3, 0.4) is 0 Å². The van der Waals surface area contributed by atoms with E-state index in [9.17, 15) is 4.79 Å². The van der Waals surface area contributed by atoms with E-state index in [2.05, 4.69) is 54.0 Å². The zero-order chi connectivity index (χ0) is 20.3. The SMILES string of the molecule is CC1(C)C[C@@H](CN2CCC3(CCC(=O)N(CCc4ccccc4)C3)CC2)CCO1. The van der Waals surface area contributed by atoms with Gasteiger partial charge in [0, 0.05) is 32.7 Å². The highest BCUT2D eigenvalue weighted by molar-refractivity contribution is 5.77. The Labute approximate surface area is 176 Å². The molecule has 0 unspecified atom stereocenters. The maximum absolute atomic E-state index is 12.5. The van der Waals surface area contributed by atoms with Crippen LogP contribution >= 0.6 is 0 Å². The molecule has 4 heteroatoms. The van der Waals surface area contributed by atoms with Crippen LogP contribution in [0.1, 0.15) is 57.9 Å². The molecule has 1 atom stereocenters. The maximum Gasteiger partial charge on any atom is 0.222 e. The minimum atomic E-state index is 0.0446. The molecule has 1 aromatic rings. The molecule has 0 N–H and O–H groups in total. The maximum atomic E-state index is 12.5. The van der Waals surface area contributed by atoms with E-state index in [1.807, 2.05) is 0 Å². The summed E-state index contributed by atoms with van der Waals surface area (Å²) in [7, 11) is 0. The quantitative estimate of drug-likeness (QED) is 0.747. The van der Waals surface area contributed by atoms with Gasteiger partial charge in [-0.1, -0.05) is 30.3 Å². The standard InChI is InChI=1S/C25H38N2O2/c1-24(2)18-22(10-17-29-24)19-26-15-12-25(13-16-26)11-8-23(28)27(20-25)14-9-21-6-4-3-5-7-21/h3-7,22H,8-20H2,1-2H3/t22-/m0/s1. The van der Waals surface area contributed by atoms with Crippen molar-refractivity contribution in [1.29, 1.82) is 0 Å². The van der Waals surface area contributed by atoms with Gasteiger partial charge in [0.05, 0.1) is 5.60 Å². The zero-order valence-corrected chi connectivity index (χ0v) is 18.4. The molecular formula is C25H38N2O2. The Morgan fingerprint density at radius 3 is 2.59 bits per heavy atom. The summed E-state index contributed by atoms with van der Waals surface area (Å²) in [4.78, 5) is 17.4. The Kier molecular flexibility index (Phi) is 6.31. The number of hydrogen-bond donors (Lipinski definition) is 0. The smallest absolute Gasteiger partial charge is 0.222 e. The van der Waals surface area contributed by atoms with Crippen molar-refractivity contribution in [2.24, 2.45) is 11.3 Å². The minimum absolute atomic E-state index is 0.0446. The Morgan fingerprint density at radius 1 is 1.10 bits per heavy atom. The second-order valence-electron chi connectivity index (χ2n) is 10.3. The van der Waals surface area contributed by atoms with Crippen LogP contribution in [0.15, 0.2) is 30.3 Å². The van der Waals surface area contributed by atoms with Crippen LogP contribution in [-0.4, -0.2) is 60.6 Å². The molecule has 3 heterocycles. The van der Waals surface area contributed by atoms with Crippen LogP contribution in [0.4, 0.5) is 0 Å². The third-order valence-corrected chi connectivity index (χ3v) is 7.49. The molecule has 29 heavy (non-hydrogen) atoms.